The number of hydrogen-bond acceptors (Lipinski definition) is 4. The van der Waals surface area contributed by atoms with Crippen LogP contribution in [0.1, 0.15) is 40.3 Å². The lowest BCUT2D eigenvalue weighted by atomic mass is 9.96. The van der Waals surface area contributed by atoms with E-state index in [9.17, 15) is 5.11 Å². The summed E-state index contributed by atoms with van der Waals surface area (Å²) in [6.07, 6.45) is 5.51. The number of hydrogen-bond donors (Lipinski definition) is 2. The molecule has 33 heavy (non-hydrogen) atoms. The number of aromatic hydroxyl groups is 1. The SMILES string of the molecule is Cc1cc(C2C(c3ccccn3)NC(=S)N2c2ccc(O)cc2)c(C)n1Cc1cccnc1. The summed E-state index contributed by atoms with van der Waals surface area (Å²) < 4.78 is 2.32. The first-order chi connectivity index (χ1) is 16.0. The molecule has 2 N–H and O–H groups in total. The minimum absolute atomic E-state index is 0.0919. The van der Waals surface area contributed by atoms with Gasteiger partial charge in [0.15, 0.2) is 5.11 Å². The Morgan fingerprint density at radius 3 is 2.55 bits per heavy atom. The number of phenols is 1. The fraction of sp³-hybridized carbons (Fsp3) is 0.192. The fourth-order valence-corrected chi connectivity index (χ4v) is 4.95. The van der Waals surface area contributed by atoms with Gasteiger partial charge in [-0.2, -0.15) is 0 Å². The molecule has 4 aromatic rings. The maximum absolute atomic E-state index is 9.82. The molecule has 0 amide bonds. The molecule has 0 saturated carbocycles. The molecular weight excluding hydrogens is 430 g/mol. The molecule has 0 spiro atoms. The third-order valence-electron chi connectivity index (χ3n) is 6.22. The monoisotopic (exact) mass is 455 g/mol. The first kappa shape index (κ1) is 21.2. The summed E-state index contributed by atoms with van der Waals surface area (Å²) in [5.41, 5.74) is 6.55. The van der Waals surface area contributed by atoms with E-state index in [0.29, 0.717) is 5.11 Å². The minimum atomic E-state index is -0.111. The molecule has 1 aromatic carbocycles. The molecule has 0 radical (unpaired) electrons. The maximum atomic E-state index is 9.82. The van der Waals surface area contributed by atoms with E-state index in [4.69, 9.17) is 12.2 Å². The van der Waals surface area contributed by atoms with Gasteiger partial charge in [-0.1, -0.05) is 12.1 Å². The Morgan fingerprint density at radius 1 is 1.03 bits per heavy atom. The van der Waals surface area contributed by atoms with Crippen molar-refractivity contribution in [2.45, 2.75) is 32.5 Å². The van der Waals surface area contributed by atoms with Gasteiger partial charge in [-0.15, -0.1) is 0 Å². The number of nitrogens with zero attached hydrogens (tertiary/aromatic N) is 4. The zero-order valence-corrected chi connectivity index (χ0v) is 19.3. The number of thiocarbonyl (C=S) groups is 1. The highest BCUT2D eigenvalue weighted by molar-refractivity contribution is 7.80. The van der Waals surface area contributed by atoms with E-state index >= 15 is 0 Å². The molecule has 7 heteroatoms. The average molecular weight is 456 g/mol. The first-order valence-corrected chi connectivity index (χ1v) is 11.3. The largest absolute Gasteiger partial charge is 0.508 e. The van der Waals surface area contributed by atoms with Crippen LogP contribution in [0.15, 0.2) is 79.3 Å². The van der Waals surface area contributed by atoms with Crippen molar-refractivity contribution in [2.24, 2.45) is 0 Å². The second-order valence-corrected chi connectivity index (χ2v) is 8.67. The van der Waals surface area contributed by atoms with E-state index in [2.05, 4.69) is 50.7 Å². The van der Waals surface area contributed by atoms with Crippen LogP contribution in [-0.2, 0) is 6.54 Å². The zero-order valence-electron chi connectivity index (χ0n) is 18.5. The van der Waals surface area contributed by atoms with Crippen molar-refractivity contribution < 1.29 is 5.11 Å². The highest BCUT2D eigenvalue weighted by Crippen LogP contribution is 2.43. The van der Waals surface area contributed by atoms with Crippen LogP contribution in [0.4, 0.5) is 5.69 Å². The van der Waals surface area contributed by atoms with Crippen LogP contribution in [-0.4, -0.2) is 24.8 Å². The topological polar surface area (TPSA) is 66.2 Å². The van der Waals surface area contributed by atoms with E-state index in [1.54, 1.807) is 18.3 Å². The summed E-state index contributed by atoms with van der Waals surface area (Å²) >= 11 is 5.81. The molecule has 5 rings (SSSR count). The van der Waals surface area contributed by atoms with Crippen molar-refractivity contribution in [1.29, 1.82) is 0 Å². The van der Waals surface area contributed by atoms with Crippen molar-refractivity contribution in [3.05, 3.63) is 107 Å². The number of anilines is 1. The normalized spacial score (nSPS) is 17.9. The molecular formula is C26H25N5OS. The third kappa shape index (κ3) is 3.96. The van der Waals surface area contributed by atoms with Crippen LogP contribution in [0.2, 0.25) is 0 Å². The highest BCUT2D eigenvalue weighted by Gasteiger charge is 2.42. The number of benzene rings is 1. The highest BCUT2D eigenvalue weighted by atomic mass is 32.1. The summed E-state index contributed by atoms with van der Waals surface area (Å²) in [4.78, 5) is 11.0. The number of rotatable bonds is 5. The lowest BCUT2D eigenvalue weighted by Crippen LogP contribution is -2.29. The molecule has 2 unspecified atom stereocenters. The lowest BCUT2D eigenvalue weighted by Gasteiger charge is -2.28. The Hall–Kier alpha value is -3.71. The second-order valence-electron chi connectivity index (χ2n) is 8.29. The number of aromatic nitrogens is 3. The summed E-state index contributed by atoms with van der Waals surface area (Å²) in [6.45, 7) is 5.04. The zero-order chi connectivity index (χ0) is 22.9. The molecule has 1 fully saturated rings. The van der Waals surface area contributed by atoms with Crippen molar-refractivity contribution in [3.63, 3.8) is 0 Å². The van der Waals surface area contributed by atoms with Crippen LogP contribution in [0.3, 0.4) is 0 Å². The van der Waals surface area contributed by atoms with Gasteiger partial charge >= 0.3 is 0 Å². The van der Waals surface area contributed by atoms with Gasteiger partial charge in [0.1, 0.15) is 5.75 Å². The Morgan fingerprint density at radius 2 is 1.85 bits per heavy atom. The van der Waals surface area contributed by atoms with Crippen molar-refractivity contribution in [1.82, 2.24) is 19.9 Å². The Labute approximate surface area is 198 Å². The molecule has 1 aliphatic heterocycles. The van der Waals surface area contributed by atoms with E-state index in [1.165, 1.54) is 17.0 Å². The third-order valence-corrected chi connectivity index (χ3v) is 6.54. The van der Waals surface area contributed by atoms with Crippen LogP contribution < -0.4 is 10.2 Å². The standard InChI is InChI=1S/C26H25N5OS/c1-17-14-22(18(2)30(17)16-19-6-5-12-27-15-19)25-24(23-7-3-4-13-28-23)29-26(33)31(25)20-8-10-21(32)11-9-20/h3-15,24-25,32H,16H2,1-2H3,(H,29,33). The molecule has 1 saturated heterocycles. The van der Waals surface area contributed by atoms with E-state index in [0.717, 1.165) is 23.5 Å². The van der Waals surface area contributed by atoms with E-state index in [1.807, 2.05) is 48.8 Å². The van der Waals surface area contributed by atoms with Gasteiger partial charge in [0.05, 0.1) is 17.8 Å². The predicted octanol–water partition coefficient (Wildman–Crippen LogP) is 4.83. The van der Waals surface area contributed by atoms with Crippen LogP contribution in [0.25, 0.3) is 0 Å². The van der Waals surface area contributed by atoms with Gasteiger partial charge in [-0.05, 0) is 85.7 Å². The lowest BCUT2D eigenvalue weighted by molar-refractivity contribution is 0.475. The van der Waals surface area contributed by atoms with Crippen molar-refractivity contribution in [2.75, 3.05) is 4.90 Å². The number of phenolic OH excluding ortho intramolecular Hbond substituents is 1. The fourth-order valence-electron chi connectivity index (χ4n) is 4.61. The molecule has 1 aliphatic rings. The molecule has 6 nitrogen and oxygen atoms in total. The molecule has 166 valence electrons. The van der Waals surface area contributed by atoms with Gasteiger partial charge in [0.25, 0.3) is 0 Å². The van der Waals surface area contributed by atoms with Gasteiger partial charge in [-0.3, -0.25) is 9.97 Å². The van der Waals surface area contributed by atoms with Crippen molar-refractivity contribution in [3.8, 4) is 5.75 Å². The second kappa shape index (κ2) is 8.67. The van der Waals surface area contributed by atoms with Gasteiger partial charge in [0.2, 0.25) is 0 Å². The molecule has 3 aromatic heterocycles. The summed E-state index contributed by atoms with van der Waals surface area (Å²) in [5.74, 6) is 0.226. The Balaban J connectivity index is 1.62. The minimum Gasteiger partial charge on any atom is -0.508 e. The average Bonchev–Trinajstić information content (AvgIpc) is 3.32. The van der Waals surface area contributed by atoms with Crippen LogP contribution in [0.5, 0.6) is 5.75 Å². The molecule has 4 heterocycles. The number of pyridine rings is 2. The number of aryl methyl sites for hydroxylation is 1. The molecule has 0 aliphatic carbocycles. The molecule has 0 bridgehead atoms. The van der Waals surface area contributed by atoms with Crippen LogP contribution >= 0.6 is 12.2 Å². The Bertz CT molecular complexity index is 1270. The quantitative estimate of drug-likeness (QED) is 0.421. The van der Waals surface area contributed by atoms with E-state index < -0.39 is 0 Å². The van der Waals surface area contributed by atoms with Crippen LogP contribution in [0, 0.1) is 13.8 Å². The van der Waals surface area contributed by atoms with Gasteiger partial charge in [-0.25, -0.2) is 0 Å². The smallest absolute Gasteiger partial charge is 0.174 e. The molecule has 2 atom stereocenters. The van der Waals surface area contributed by atoms with Gasteiger partial charge < -0.3 is 19.9 Å². The summed E-state index contributed by atoms with van der Waals surface area (Å²) in [7, 11) is 0. The summed E-state index contributed by atoms with van der Waals surface area (Å²) in [6, 6.07) is 19.2. The van der Waals surface area contributed by atoms with Crippen molar-refractivity contribution >= 4 is 23.0 Å². The Kier molecular flexibility index (Phi) is 5.56. The summed E-state index contributed by atoms with van der Waals surface area (Å²) in [5, 5.41) is 14.0. The first-order valence-electron chi connectivity index (χ1n) is 10.9. The van der Waals surface area contributed by atoms with Gasteiger partial charge in [0, 0.05) is 42.2 Å². The predicted molar refractivity (Wildman–Crippen MR) is 133 cm³/mol. The maximum Gasteiger partial charge on any atom is 0.174 e. The number of nitrogens with one attached hydrogen (secondary N) is 1. The van der Waals surface area contributed by atoms with E-state index in [-0.39, 0.29) is 17.8 Å².